The highest BCUT2D eigenvalue weighted by molar-refractivity contribution is 5.60. The molecule has 1 saturated heterocycles. The van der Waals surface area contributed by atoms with Gasteiger partial charge in [-0.1, -0.05) is 12.8 Å². The van der Waals surface area contributed by atoms with Crippen LogP contribution in [-0.2, 0) is 11.8 Å². The van der Waals surface area contributed by atoms with Crippen LogP contribution in [0.3, 0.4) is 0 Å². The highest BCUT2D eigenvalue weighted by Crippen LogP contribution is 2.52. The average molecular weight is 298 g/mol. The molecule has 1 aromatic rings. The number of aromatic nitrogens is 1. The zero-order chi connectivity index (χ0) is 14.8. The summed E-state index contributed by atoms with van der Waals surface area (Å²) >= 11 is 0. The monoisotopic (exact) mass is 298 g/mol. The van der Waals surface area contributed by atoms with Crippen LogP contribution in [0.1, 0.15) is 56.1 Å². The van der Waals surface area contributed by atoms with Crippen LogP contribution < -0.4 is 16.4 Å². The molecule has 0 amide bonds. The lowest BCUT2D eigenvalue weighted by atomic mass is 9.69. The summed E-state index contributed by atoms with van der Waals surface area (Å²) in [4.78, 5) is 4.72. The third-order valence-electron chi connectivity index (χ3n) is 6.79. The number of pyridine rings is 1. The van der Waals surface area contributed by atoms with E-state index in [4.69, 9.17) is 10.7 Å². The zero-order valence-electron chi connectivity index (χ0n) is 13.3. The molecule has 1 aromatic heterocycles. The molecule has 2 atom stereocenters. The van der Waals surface area contributed by atoms with Gasteiger partial charge in [-0.3, -0.25) is 0 Å². The molecule has 3 fully saturated rings. The highest BCUT2D eigenvalue weighted by atomic mass is 15.2. The van der Waals surface area contributed by atoms with Gasteiger partial charge in [0, 0.05) is 13.1 Å². The van der Waals surface area contributed by atoms with E-state index < -0.39 is 0 Å². The first-order chi connectivity index (χ1) is 10.7. The second-order valence-electron chi connectivity index (χ2n) is 8.08. The van der Waals surface area contributed by atoms with Crippen LogP contribution in [0, 0.1) is 5.92 Å². The van der Waals surface area contributed by atoms with Crippen molar-refractivity contribution >= 4 is 11.6 Å². The summed E-state index contributed by atoms with van der Waals surface area (Å²) in [5.74, 6) is 2.59. The van der Waals surface area contributed by atoms with Gasteiger partial charge in [0.15, 0.2) is 0 Å². The average Bonchev–Trinajstić information content (AvgIpc) is 2.87. The molecule has 4 aliphatic rings. The molecule has 0 aromatic carbocycles. The van der Waals surface area contributed by atoms with Crippen LogP contribution in [0.25, 0.3) is 0 Å². The van der Waals surface area contributed by atoms with Crippen LogP contribution in [0.4, 0.5) is 11.6 Å². The molecule has 1 spiro atoms. The van der Waals surface area contributed by atoms with Crippen molar-refractivity contribution in [1.29, 1.82) is 0 Å². The number of nitrogens with zero attached hydrogens (tertiary/aromatic N) is 1. The van der Waals surface area contributed by atoms with E-state index in [1.54, 1.807) is 0 Å². The largest absolute Gasteiger partial charge is 0.384 e. The zero-order valence-corrected chi connectivity index (χ0v) is 13.3. The summed E-state index contributed by atoms with van der Waals surface area (Å²) in [6.07, 6.45) is 10.6. The van der Waals surface area contributed by atoms with Crippen LogP contribution in [-0.4, -0.2) is 23.6 Å². The molecule has 1 aliphatic heterocycles. The van der Waals surface area contributed by atoms with E-state index in [9.17, 15) is 0 Å². The van der Waals surface area contributed by atoms with E-state index in [1.165, 1.54) is 62.5 Å². The fraction of sp³-hybridized carbons (Fsp3) is 0.722. The standard InChI is InChI=1S/C18H26N4/c19-15-8-14-13(4-3-7-17(14)5-1-2-6-17)16(21-15)22-18-9-12(18)10-20-11-18/h8,12,20H,1-7,9-11H2,(H3,19,21,22)/t12?,18-/m1/s1. The van der Waals surface area contributed by atoms with E-state index in [-0.39, 0.29) is 5.54 Å². The Balaban J connectivity index is 1.57. The van der Waals surface area contributed by atoms with Gasteiger partial charge in [-0.25, -0.2) is 4.98 Å². The van der Waals surface area contributed by atoms with Gasteiger partial charge in [-0.2, -0.15) is 0 Å². The summed E-state index contributed by atoms with van der Waals surface area (Å²) in [6, 6.07) is 2.19. The summed E-state index contributed by atoms with van der Waals surface area (Å²) in [5, 5.41) is 7.32. The van der Waals surface area contributed by atoms with Crippen molar-refractivity contribution in [3.05, 3.63) is 17.2 Å². The van der Waals surface area contributed by atoms with Crippen molar-refractivity contribution < 1.29 is 0 Å². The molecule has 0 radical (unpaired) electrons. The topological polar surface area (TPSA) is 63.0 Å². The van der Waals surface area contributed by atoms with Crippen molar-refractivity contribution in [3.8, 4) is 0 Å². The molecule has 22 heavy (non-hydrogen) atoms. The molecule has 4 N–H and O–H groups in total. The summed E-state index contributed by atoms with van der Waals surface area (Å²) in [6.45, 7) is 2.23. The van der Waals surface area contributed by atoms with Gasteiger partial charge in [-0.15, -0.1) is 0 Å². The Morgan fingerprint density at radius 1 is 1.23 bits per heavy atom. The molecule has 2 saturated carbocycles. The molecular formula is C18H26N4. The molecule has 4 heteroatoms. The number of anilines is 2. The minimum atomic E-state index is 0.273. The third kappa shape index (κ3) is 1.76. The van der Waals surface area contributed by atoms with Crippen molar-refractivity contribution in [2.75, 3.05) is 24.1 Å². The number of nitrogens with one attached hydrogen (secondary N) is 2. The Bertz CT molecular complexity index is 620. The Morgan fingerprint density at radius 3 is 2.77 bits per heavy atom. The minimum absolute atomic E-state index is 0.273. The Kier molecular flexibility index (Phi) is 2.62. The first-order valence-electron chi connectivity index (χ1n) is 9.00. The first kappa shape index (κ1) is 13.2. The van der Waals surface area contributed by atoms with Gasteiger partial charge in [0.05, 0.1) is 5.54 Å². The Labute approximate surface area is 132 Å². The van der Waals surface area contributed by atoms with Gasteiger partial charge in [0.2, 0.25) is 0 Å². The van der Waals surface area contributed by atoms with Crippen molar-refractivity contribution in [1.82, 2.24) is 10.3 Å². The molecule has 4 nitrogen and oxygen atoms in total. The second kappa shape index (κ2) is 4.38. The van der Waals surface area contributed by atoms with Crippen molar-refractivity contribution in [3.63, 3.8) is 0 Å². The maximum Gasteiger partial charge on any atom is 0.132 e. The second-order valence-corrected chi connectivity index (χ2v) is 8.08. The van der Waals surface area contributed by atoms with Gasteiger partial charge >= 0.3 is 0 Å². The molecular weight excluding hydrogens is 272 g/mol. The van der Waals surface area contributed by atoms with Crippen LogP contribution in [0.5, 0.6) is 0 Å². The van der Waals surface area contributed by atoms with Crippen LogP contribution >= 0.6 is 0 Å². The summed E-state index contributed by atoms with van der Waals surface area (Å²) < 4.78 is 0. The van der Waals surface area contributed by atoms with Crippen molar-refractivity contribution in [2.24, 2.45) is 5.92 Å². The predicted octanol–water partition coefficient (Wildman–Crippen LogP) is 2.59. The summed E-state index contributed by atoms with van der Waals surface area (Å²) in [5.41, 5.74) is 9.90. The van der Waals surface area contributed by atoms with Crippen molar-refractivity contribution in [2.45, 2.75) is 62.3 Å². The quantitative estimate of drug-likeness (QED) is 0.785. The number of nitrogen functional groups attached to an aromatic ring is 1. The number of piperidine rings is 1. The van der Waals surface area contributed by atoms with E-state index in [1.807, 2.05) is 0 Å². The fourth-order valence-corrected chi connectivity index (χ4v) is 5.50. The lowest BCUT2D eigenvalue weighted by Crippen LogP contribution is -2.33. The smallest absolute Gasteiger partial charge is 0.132 e. The van der Waals surface area contributed by atoms with Crippen LogP contribution in [0.2, 0.25) is 0 Å². The number of fused-ring (bicyclic) bond motifs is 3. The number of rotatable bonds is 2. The SMILES string of the molecule is Nc1cc2c(c(N[C@]34CNCC3C4)n1)CCCC21CCCC1. The maximum absolute atomic E-state index is 6.20. The highest BCUT2D eigenvalue weighted by Gasteiger charge is 2.57. The normalized spacial score (nSPS) is 34.5. The maximum atomic E-state index is 6.20. The molecule has 2 heterocycles. The number of nitrogens with two attached hydrogens (primary N) is 1. The lowest BCUT2D eigenvalue weighted by molar-refractivity contribution is 0.369. The molecule has 5 rings (SSSR count). The van der Waals surface area contributed by atoms with E-state index in [0.717, 1.165) is 24.8 Å². The minimum Gasteiger partial charge on any atom is -0.384 e. The fourth-order valence-electron chi connectivity index (χ4n) is 5.50. The lowest BCUT2D eigenvalue weighted by Gasteiger charge is -2.37. The number of hydrogen-bond donors (Lipinski definition) is 3. The van der Waals surface area contributed by atoms with Gasteiger partial charge in [0.1, 0.15) is 11.6 Å². The van der Waals surface area contributed by atoms with E-state index >= 15 is 0 Å². The Hall–Kier alpha value is -1.29. The Morgan fingerprint density at radius 2 is 2.05 bits per heavy atom. The molecule has 0 bridgehead atoms. The first-order valence-corrected chi connectivity index (χ1v) is 9.00. The van der Waals surface area contributed by atoms with E-state index in [2.05, 4.69) is 16.7 Å². The molecule has 1 unspecified atom stereocenters. The molecule has 118 valence electrons. The van der Waals surface area contributed by atoms with Gasteiger partial charge < -0.3 is 16.4 Å². The third-order valence-corrected chi connectivity index (χ3v) is 6.79. The predicted molar refractivity (Wildman–Crippen MR) is 89.1 cm³/mol. The summed E-state index contributed by atoms with van der Waals surface area (Å²) in [7, 11) is 0. The van der Waals surface area contributed by atoms with Gasteiger partial charge in [-0.05, 0) is 67.1 Å². The van der Waals surface area contributed by atoms with Crippen LogP contribution in [0.15, 0.2) is 6.07 Å². The number of hydrogen-bond acceptors (Lipinski definition) is 4. The van der Waals surface area contributed by atoms with E-state index in [0.29, 0.717) is 11.2 Å². The van der Waals surface area contributed by atoms with Gasteiger partial charge in [0.25, 0.3) is 0 Å². The molecule has 3 aliphatic carbocycles.